The third-order valence-corrected chi connectivity index (χ3v) is 4.15. The normalized spacial score (nSPS) is 14.8. The van der Waals surface area contributed by atoms with E-state index in [1.807, 2.05) is 30.3 Å². The number of carbonyl (C=O) groups excluding carboxylic acids is 2. The minimum absolute atomic E-state index is 0. The monoisotopic (exact) mass is 382 g/mol. The van der Waals surface area contributed by atoms with Gasteiger partial charge in [-0.2, -0.15) is 0 Å². The minimum Gasteiger partial charge on any atom is -0.497 e. The Morgan fingerprint density at radius 1 is 1.12 bits per heavy atom. The number of ketones is 1. The highest BCUT2D eigenvalue weighted by molar-refractivity contribution is 5.93. The molecule has 7 heteroatoms. The van der Waals surface area contributed by atoms with Gasteiger partial charge >= 0.3 is 6.09 Å². The first-order chi connectivity index (χ1) is 12.1. The molecule has 1 fully saturated rings. The number of allylic oxidation sites excluding steroid dienone is 1. The molecular formula is C19H27ClN2O4. The van der Waals surface area contributed by atoms with Crippen LogP contribution in [-0.2, 0) is 9.53 Å². The third kappa shape index (κ3) is 7.06. The number of methoxy groups -OCH3 is 1. The van der Waals surface area contributed by atoms with Gasteiger partial charge in [-0.3, -0.25) is 9.69 Å². The first-order valence-corrected chi connectivity index (χ1v) is 8.61. The lowest BCUT2D eigenvalue weighted by molar-refractivity contribution is -0.115. The summed E-state index contributed by atoms with van der Waals surface area (Å²) in [5, 5.41) is 0. The Kier molecular flexibility index (Phi) is 9.76. The maximum Gasteiger partial charge on any atom is 0.409 e. The topological polar surface area (TPSA) is 59.1 Å². The van der Waals surface area contributed by atoms with E-state index in [0.29, 0.717) is 32.7 Å². The molecule has 0 unspecified atom stereocenters. The molecule has 0 N–H and O–H groups in total. The molecule has 0 spiro atoms. The highest BCUT2D eigenvalue weighted by Crippen LogP contribution is 2.12. The summed E-state index contributed by atoms with van der Waals surface area (Å²) >= 11 is 0. The molecule has 1 aliphatic heterocycles. The van der Waals surface area contributed by atoms with E-state index >= 15 is 0 Å². The fourth-order valence-electron chi connectivity index (χ4n) is 2.62. The quantitative estimate of drug-likeness (QED) is 0.678. The number of benzene rings is 1. The van der Waals surface area contributed by atoms with Crippen LogP contribution >= 0.6 is 12.4 Å². The molecule has 0 aliphatic carbocycles. The van der Waals surface area contributed by atoms with Gasteiger partial charge in [-0.05, 0) is 30.7 Å². The van der Waals surface area contributed by atoms with Crippen LogP contribution < -0.4 is 4.74 Å². The van der Waals surface area contributed by atoms with Gasteiger partial charge in [0.25, 0.3) is 0 Å². The van der Waals surface area contributed by atoms with Crippen LogP contribution in [0.1, 0.15) is 18.9 Å². The Labute approximate surface area is 161 Å². The molecule has 6 nitrogen and oxygen atoms in total. The molecular weight excluding hydrogens is 356 g/mol. The lowest BCUT2D eigenvalue weighted by atomic mass is 10.1. The Morgan fingerprint density at radius 3 is 2.35 bits per heavy atom. The molecule has 0 aromatic heterocycles. The predicted octanol–water partition coefficient (Wildman–Crippen LogP) is 2.86. The van der Waals surface area contributed by atoms with Crippen molar-refractivity contribution in [2.45, 2.75) is 13.3 Å². The molecule has 144 valence electrons. The van der Waals surface area contributed by atoms with Gasteiger partial charge in [0.05, 0.1) is 13.7 Å². The Bertz CT molecular complexity index is 596. The summed E-state index contributed by atoms with van der Waals surface area (Å²) in [5.74, 6) is 0.897. The van der Waals surface area contributed by atoms with Crippen molar-refractivity contribution in [2.75, 3.05) is 46.4 Å². The van der Waals surface area contributed by atoms with E-state index in [-0.39, 0.29) is 24.3 Å². The van der Waals surface area contributed by atoms with Crippen LogP contribution in [0.4, 0.5) is 4.79 Å². The zero-order valence-corrected chi connectivity index (χ0v) is 16.2. The van der Waals surface area contributed by atoms with Gasteiger partial charge in [0.15, 0.2) is 5.78 Å². The number of hydrogen-bond donors (Lipinski definition) is 0. The molecule has 1 aromatic rings. The smallest absolute Gasteiger partial charge is 0.409 e. The summed E-state index contributed by atoms with van der Waals surface area (Å²) in [4.78, 5) is 27.6. The Balaban J connectivity index is 0.00000338. The number of amides is 1. The lowest BCUT2D eigenvalue weighted by Gasteiger charge is -2.33. The molecule has 1 aromatic carbocycles. The molecule has 1 amide bonds. The molecule has 2 rings (SSSR count). The molecule has 0 radical (unpaired) electrons. The van der Waals surface area contributed by atoms with E-state index in [1.54, 1.807) is 25.0 Å². The van der Waals surface area contributed by atoms with Gasteiger partial charge in [0, 0.05) is 39.1 Å². The second kappa shape index (κ2) is 11.5. The van der Waals surface area contributed by atoms with Gasteiger partial charge in [0.2, 0.25) is 0 Å². The summed E-state index contributed by atoms with van der Waals surface area (Å²) in [5.41, 5.74) is 0.970. The van der Waals surface area contributed by atoms with Gasteiger partial charge in [0.1, 0.15) is 5.75 Å². The molecule has 1 saturated heterocycles. The Morgan fingerprint density at radius 2 is 1.77 bits per heavy atom. The van der Waals surface area contributed by atoms with Crippen molar-refractivity contribution in [3.05, 3.63) is 35.9 Å². The van der Waals surface area contributed by atoms with Crippen molar-refractivity contribution in [2.24, 2.45) is 0 Å². The van der Waals surface area contributed by atoms with E-state index in [2.05, 4.69) is 4.90 Å². The fraction of sp³-hybridized carbons (Fsp3) is 0.474. The highest BCUT2D eigenvalue weighted by atomic mass is 35.5. The first-order valence-electron chi connectivity index (χ1n) is 8.61. The van der Waals surface area contributed by atoms with Crippen molar-refractivity contribution >= 4 is 30.4 Å². The number of nitrogens with zero attached hydrogens (tertiary/aromatic N) is 2. The SMILES string of the molecule is CCOC(=O)N1CCN(CCC(=O)C=Cc2ccc(OC)cc2)CC1.Cl. The van der Waals surface area contributed by atoms with E-state index in [9.17, 15) is 9.59 Å². The summed E-state index contributed by atoms with van der Waals surface area (Å²) in [6.45, 7) is 5.75. The number of hydrogen-bond acceptors (Lipinski definition) is 5. The van der Waals surface area contributed by atoms with Crippen molar-refractivity contribution < 1.29 is 19.1 Å². The van der Waals surface area contributed by atoms with Crippen LogP contribution in [-0.4, -0.2) is 68.1 Å². The standard InChI is InChI=1S/C19H26N2O4.ClH/c1-3-25-19(23)21-14-12-20(13-15-21)11-10-17(22)7-4-16-5-8-18(24-2)9-6-16;/h4-9H,3,10-15H2,1-2H3;1H. The number of piperazine rings is 1. The molecule has 1 aliphatic rings. The molecule has 0 saturated carbocycles. The Hall–Kier alpha value is -2.05. The third-order valence-electron chi connectivity index (χ3n) is 4.15. The average molecular weight is 383 g/mol. The van der Waals surface area contributed by atoms with Crippen LogP contribution in [0, 0.1) is 0 Å². The van der Waals surface area contributed by atoms with Crippen molar-refractivity contribution in [3.63, 3.8) is 0 Å². The van der Waals surface area contributed by atoms with Crippen LogP contribution in [0.25, 0.3) is 6.08 Å². The van der Waals surface area contributed by atoms with Crippen molar-refractivity contribution in [1.82, 2.24) is 9.80 Å². The van der Waals surface area contributed by atoms with E-state index in [1.165, 1.54) is 0 Å². The zero-order chi connectivity index (χ0) is 18.1. The number of carbonyl (C=O) groups is 2. The number of halogens is 1. The van der Waals surface area contributed by atoms with Gasteiger partial charge in [-0.25, -0.2) is 4.79 Å². The fourth-order valence-corrected chi connectivity index (χ4v) is 2.62. The van der Waals surface area contributed by atoms with Gasteiger partial charge in [-0.15, -0.1) is 12.4 Å². The van der Waals surface area contributed by atoms with Crippen molar-refractivity contribution in [1.29, 1.82) is 0 Å². The summed E-state index contributed by atoms with van der Waals surface area (Å²) in [7, 11) is 1.63. The van der Waals surface area contributed by atoms with Crippen LogP contribution in [0.2, 0.25) is 0 Å². The second-order valence-electron chi connectivity index (χ2n) is 5.85. The molecule has 1 heterocycles. The summed E-state index contributed by atoms with van der Waals surface area (Å²) in [6, 6.07) is 7.56. The molecule has 26 heavy (non-hydrogen) atoms. The second-order valence-corrected chi connectivity index (χ2v) is 5.85. The first kappa shape index (κ1) is 22.0. The van der Waals surface area contributed by atoms with Crippen LogP contribution in [0.15, 0.2) is 30.3 Å². The number of ether oxygens (including phenoxy) is 2. The maximum absolute atomic E-state index is 12.0. The van der Waals surface area contributed by atoms with Crippen molar-refractivity contribution in [3.8, 4) is 5.75 Å². The molecule has 0 bridgehead atoms. The van der Waals surface area contributed by atoms with Gasteiger partial charge < -0.3 is 14.4 Å². The summed E-state index contributed by atoms with van der Waals surface area (Å²) < 4.78 is 10.1. The lowest BCUT2D eigenvalue weighted by Crippen LogP contribution is -2.49. The number of rotatable bonds is 7. The van der Waals surface area contributed by atoms with Gasteiger partial charge in [-0.1, -0.05) is 18.2 Å². The van der Waals surface area contributed by atoms with E-state index in [0.717, 1.165) is 24.4 Å². The maximum atomic E-state index is 12.0. The average Bonchev–Trinajstić information content (AvgIpc) is 2.65. The molecule has 0 atom stereocenters. The van der Waals surface area contributed by atoms with Crippen LogP contribution in [0.3, 0.4) is 0 Å². The van der Waals surface area contributed by atoms with E-state index in [4.69, 9.17) is 9.47 Å². The largest absolute Gasteiger partial charge is 0.497 e. The zero-order valence-electron chi connectivity index (χ0n) is 15.3. The highest BCUT2D eigenvalue weighted by Gasteiger charge is 2.21. The predicted molar refractivity (Wildman–Crippen MR) is 104 cm³/mol. The minimum atomic E-state index is -0.249. The van der Waals surface area contributed by atoms with Crippen LogP contribution in [0.5, 0.6) is 5.75 Å². The summed E-state index contributed by atoms with van der Waals surface area (Å²) in [6.07, 6.45) is 3.67. The van der Waals surface area contributed by atoms with E-state index < -0.39 is 0 Å².